The summed E-state index contributed by atoms with van der Waals surface area (Å²) in [6.07, 6.45) is 12.1. The maximum absolute atomic E-state index is 13.0. The van der Waals surface area contributed by atoms with Crippen LogP contribution in [0.5, 0.6) is 0 Å². The molecular formula is C34H58O5. The van der Waals surface area contributed by atoms with E-state index in [4.69, 9.17) is 9.47 Å². The summed E-state index contributed by atoms with van der Waals surface area (Å²) in [6.45, 7) is 18.5. The smallest absolute Gasteiger partial charge is 0.309 e. The molecule has 0 radical (unpaired) electrons. The van der Waals surface area contributed by atoms with Gasteiger partial charge in [0.15, 0.2) is 0 Å². The molecule has 5 heteroatoms. The van der Waals surface area contributed by atoms with Gasteiger partial charge in [-0.3, -0.25) is 9.59 Å². The normalized spacial score (nSPS) is 46.7. The van der Waals surface area contributed by atoms with E-state index in [9.17, 15) is 14.7 Å². The summed E-state index contributed by atoms with van der Waals surface area (Å²) < 4.78 is 11.4. The molecule has 5 rings (SSSR count). The number of carboxylic acids is 1. The lowest BCUT2D eigenvalue weighted by atomic mass is 9.32. The predicted molar refractivity (Wildman–Crippen MR) is 155 cm³/mol. The highest BCUT2D eigenvalue weighted by molar-refractivity contribution is 5.76. The van der Waals surface area contributed by atoms with Gasteiger partial charge >= 0.3 is 11.9 Å². The van der Waals surface area contributed by atoms with Gasteiger partial charge in [-0.2, -0.15) is 0 Å². The molecule has 5 aliphatic carbocycles. The highest BCUT2D eigenvalue weighted by Crippen LogP contribution is 2.77. The molecule has 5 aliphatic rings. The molecule has 10 atom stereocenters. The zero-order chi connectivity index (χ0) is 29.0. The SMILES string of the molecule is CC.COC(COC(C)=O)C1CCC2(C(=O)O)CC[C@]3(C)C(CCC4C5(C)CCCC(C)(C)C5CCC43C)C12. The van der Waals surface area contributed by atoms with Gasteiger partial charge in [0.1, 0.15) is 6.61 Å². The van der Waals surface area contributed by atoms with E-state index in [1.807, 2.05) is 13.8 Å². The first kappa shape index (κ1) is 30.8. The fourth-order valence-electron chi connectivity index (χ4n) is 12.1. The zero-order valence-electron chi connectivity index (χ0n) is 26.5. The molecule has 0 bridgehead atoms. The summed E-state index contributed by atoms with van der Waals surface area (Å²) in [5.41, 5.74) is 0.473. The van der Waals surface area contributed by atoms with E-state index in [-0.39, 0.29) is 41.3 Å². The minimum Gasteiger partial charge on any atom is -0.481 e. The van der Waals surface area contributed by atoms with Crippen molar-refractivity contribution in [1.29, 1.82) is 0 Å². The van der Waals surface area contributed by atoms with Crippen LogP contribution in [0.2, 0.25) is 0 Å². The number of carboxylic acid groups (broad SMARTS) is 1. The topological polar surface area (TPSA) is 72.8 Å². The van der Waals surface area contributed by atoms with Crippen molar-refractivity contribution in [3.63, 3.8) is 0 Å². The Morgan fingerprint density at radius 2 is 1.54 bits per heavy atom. The number of hydrogen-bond donors (Lipinski definition) is 1. The van der Waals surface area contributed by atoms with Gasteiger partial charge in [-0.05, 0) is 115 Å². The summed E-state index contributed by atoms with van der Waals surface area (Å²) in [7, 11) is 1.70. The van der Waals surface area contributed by atoms with Crippen LogP contribution in [0.25, 0.3) is 0 Å². The van der Waals surface area contributed by atoms with E-state index in [0.29, 0.717) is 22.7 Å². The molecule has 0 saturated heterocycles. The minimum atomic E-state index is -0.668. The van der Waals surface area contributed by atoms with Crippen LogP contribution in [-0.4, -0.2) is 36.9 Å². The molecule has 5 nitrogen and oxygen atoms in total. The Hall–Kier alpha value is -1.10. The highest BCUT2D eigenvalue weighted by Gasteiger charge is 2.72. The Morgan fingerprint density at radius 3 is 2.15 bits per heavy atom. The number of rotatable bonds is 5. The van der Waals surface area contributed by atoms with Crippen LogP contribution in [0.3, 0.4) is 0 Å². The van der Waals surface area contributed by atoms with Gasteiger partial charge in [-0.1, -0.05) is 54.9 Å². The van der Waals surface area contributed by atoms with Gasteiger partial charge < -0.3 is 14.6 Å². The maximum Gasteiger partial charge on any atom is 0.309 e. The molecule has 9 unspecified atom stereocenters. The fourth-order valence-corrected chi connectivity index (χ4v) is 12.1. The zero-order valence-corrected chi connectivity index (χ0v) is 26.5. The average Bonchev–Trinajstić information content (AvgIpc) is 3.26. The van der Waals surface area contributed by atoms with E-state index in [1.165, 1.54) is 45.4 Å². The molecule has 0 aromatic carbocycles. The van der Waals surface area contributed by atoms with Crippen LogP contribution >= 0.6 is 0 Å². The summed E-state index contributed by atoms with van der Waals surface area (Å²) >= 11 is 0. The van der Waals surface area contributed by atoms with Crippen LogP contribution in [0, 0.1) is 56.7 Å². The van der Waals surface area contributed by atoms with Crippen molar-refractivity contribution < 1.29 is 24.2 Å². The lowest BCUT2D eigenvalue weighted by molar-refractivity contribution is -0.241. The van der Waals surface area contributed by atoms with Gasteiger partial charge in [0.2, 0.25) is 0 Å². The van der Waals surface area contributed by atoms with Crippen molar-refractivity contribution >= 4 is 11.9 Å². The Bertz CT molecular complexity index is 929. The Balaban J connectivity index is 0.00000172. The molecule has 39 heavy (non-hydrogen) atoms. The number of ether oxygens (including phenoxy) is 2. The second-order valence-corrected chi connectivity index (χ2v) is 15.3. The Labute approximate surface area is 238 Å². The van der Waals surface area contributed by atoms with Crippen molar-refractivity contribution in [3.05, 3.63) is 0 Å². The minimum absolute atomic E-state index is 0.0790. The van der Waals surface area contributed by atoms with Crippen LogP contribution in [0.4, 0.5) is 0 Å². The van der Waals surface area contributed by atoms with E-state index < -0.39 is 11.4 Å². The van der Waals surface area contributed by atoms with Crippen LogP contribution in [0.1, 0.15) is 126 Å². The number of esters is 1. The largest absolute Gasteiger partial charge is 0.481 e. The van der Waals surface area contributed by atoms with Crippen LogP contribution in [0.15, 0.2) is 0 Å². The van der Waals surface area contributed by atoms with Crippen LogP contribution in [-0.2, 0) is 19.1 Å². The van der Waals surface area contributed by atoms with E-state index in [0.717, 1.165) is 38.0 Å². The summed E-state index contributed by atoms with van der Waals surface area (Å²) in [4.78, 5) is 24.6. The maximum atomic E-state index is 13.0. The number of methoxy groups -OCH3 is 1. The van der Waals surface area contributed by atoms with Crippen molar-refractivity contribution in [3.8, 4) is 0 Å². The molecule has 0 aliphatic heterocycles. The first-order chi connectivity index (χ1) is 18.3. The molecule has 0 aromatic heterocycles. The molecule has 5 fully saturated rings. The quantitative estimate of drug-likeness (QED) is 0.352. The third kappa shape index (κ3) is 4.41. The van der Waals surface area contributed by atoms with Gasteiger partial charge in [0.05, 0.1) is 11.5 Å². The van der Waals surface area contributed by atoms with Crippen molar-refractivity contribution in [1.82, 2.24) is 0 Å². The van der Waals surface area contributed by atoms with Crippen molar-refractivity contribution in [2.45, 2.75) is 132 Å². The second kappa shape index (κ2) is 10.6. The van der Waals surface area contributed by atoms with Gasteiger partial charge in [0.25, 0.3) is 0 Å². The lowest BCUT2D eigenvalue weighted by Gasteiger charge is -2.72. The molecule has 5 saturated carbocycles. The molecule has 224 valence electrons. The third-order valence-corrected chi connectivity index (χ3v) is 13.9. The molecule has 1 N–H and O–H groups in total. The monoisotopic (exact) mass is 546 g/mol. The van der Waals surface area contributed by atoms with Gasteiger partial charge in [-0.25, -0.2) is 0 Å². The van der Waals surface area contributed by atoms with E-state index in [1.54, 1.807) is 7.11 Å². The molecule has 0 amide bonds. The predicted octanol–water partition coefficient (Wildman–Crippen LogP) is 8.15. The second-order valence-electron chi connectivity index (χ2n) is 15.3. The van der Waals surface area contributed by atoms with Gasteiger partial charge in [-0.15, -0.1) is 0 Å². The number of carbonyl (C=O) groups is 2. The Morgan fingerprint density at radius 1 is 0.846 bits per heavy atom. The molecule has 0 aromatic rings. The van der Waals surface area contributed by atoms with E-state index >= 15 is 0 Å². The highest BCUT2D eigenvalue weighted by atomic mass is 16.6. The standard InChI is InChI=1S/C32H52O5.C2H6/c1-20(33)37-19-23(36-7)21-11-16-32(27(34)35)18-17-30(5)22(26(21)32)9-10-25-29(4)14-8-13-28(2,3)24(29)12-15-31(25,30)6;1-2/h21-26H,8-19H2,1-7H3,(H,34,35);1-2H3/t21?,22?,23?,24?,25?,26?,29?,30-,31?,32?;/m1./s1. The molecule has 0 spiro atoms. The first-order valence-corrected chi connectivity index (χ1v) is 16.2. The third-order valence-electron chi connectivity index (χ3n) is 13.9. The summed E-state index contributed by atoms with van der Waals surface area (Å²) in [6, 6.07) is 0. The van der Waals surface area contributed by atoms with Crippen molar-refractivity contribution in [2.75, 3.05) is 13.7 Å². The van der Waals surface area contributed by atoms with E-state index in [2.05, 4.69) is 34.6 Å². The molecule has 0 heterocycles. The fraction of sp³-hybridized carbons (Fsp3) is 0.941. The first-order valence-electron chi connectivity index (χ1n) is 16.2. The number of aliphatic carboxylic acids is 1. The van der Waals surface area contributed by atoms with Crippen LogP contribution < -0.4 is 0 Å². The molecular weight excluding hydrogens is 488 g/mol. The average molecular weight is 547 g/mol. The lowest BCUT2D eigenvalue weighted by Crippen LogP contribution is -2.66. The summed E-state index contributed by atoms with van der Waals surface area (Å²) in [5, 5.41) is 10.7. The number of fused-ring (bicyclic) bond motifs is 7. The number of carbonyl (C=O) groups excluding carboxylic acids is 1. The summed E-state index contributed by atoms with van der Waals surface area (Å²) in [5.74, 6) is 1.15. The van der Waals surface area contributed by atoms with Gasteiger partial charge in [0, 0.05) is 14.0 Å². The Kier molecular flexibility index (Phi) is 8.41. The number of hydrogen-bond acceptors (Lipinski definition) is 4. The van der Waals surface area contributed by atoms with Crippen molar-refractivity contribution in [2.24, 2.45) is 56.7 Å².